The number of rotatable bonds is 6. The van der Waals surface area contributed by atoms with E-state index >= 15 is 0 Å². The van der Waals surface area contributed by atoms with Gasteiger partial charge in [0.25, 0.3) is 0 Å². The average molecular weight is 399 g/mol. The number of ether oxygens (including phenoxy) is 1. The molecule has 2 aromatic rings. The van der Waals surface area contributed by atoms with Gasteiger partial charge in [0.05, 0.1) is 17.9 Å². The predicted molar refractivity (Wildman–Crippen MR) is 108 cm³/mol. The zero-order valence-corrected chi connectivity index (χ0v) is 16.7. The minimum atomic E-state index is -0.895. The highest BCUT2D eigenvalue weighted by atomic mass is 16.5. The monoisotopic (exact) mass is 399 g/mol. The van der Waals surface area contributed by atoms with Crippen molar-refractivity contribution in [2.45, 2.75) is 33.1 Å². The smallest absolute Gasteiger partial charge is 0.340 e. The van der Waals surface area contributed by atoms with Crippen LogP contribution in [0.1, 0.15) is 30.9 Å². The van der Waals surface area contributed by atoms with E-state index in [0.717, 1.165) is 11.0 Å². The van der Waals surface area contributed by atoms with E-state index in [-0.39, 0.29) is 18.9 Å². The summed E-state index contributed by atoms with van der Waals surface area (Å²) in [6.45, 7) is 8.48. The van der Waals surface area contributed by atoms with Crippen molar-refractivity contribution in [3.05, 3.63) is 51.9 Å². The first-order chi connectivity index (χ1) is 13.8. The van der Waals surface area contributed by atoms with Crippen LogP contribution in [0.3, 0.4) is 0 Å². The summed E-state index contributed by atoms with van der Waals surface area (Å²) in [7, 11) is 0. The number of hydrogen-bond acceptors (Lipinski definition) is 5. The van der Waals surface area contributed by atoms with Gasteiger partial charge in [-0.1, -0.05) is 6.58 Å². The zero-order chi connectivity index (χ0) is 21.1. The van der Waals surface area contributed by atoms with Crippen molar-refractivity contribution in [2.75, 3.05) is 19.7 Å². The number of carboxylic acid groups (broad SMARTS) is 1. The van der Waals surface area contributed by atoms with Crippen molar-refractivity contribution >= 4 is 22.8 Å². The van der Waals surface area contributed by atoms with Crippen molar-refractivity contribution in [3.8, 4) is 5.75 Å². The van der Waals surface area contributed by atoms with E-state index in [0.29, 0.717) is 48.5 Å². The number of likely N-dealkylation sites (tertiary alicyclic amines) is 1. The first kappa shape index (κ1) is 20.6. The third-order valence-corrected chi connectivity index (χ3v) is 5.20. The van der Waals surface area contributed by atoms with Gasteiger partial charge >= 0.3 is 11.6 Å². The van der Waals surface area contributed by atoms with Crippen LogP contribution in [0, 0.1) is 12.8 Å². The first-order valence-electron chi connectivity index (χ1n) is 9.60. The van der Waals surface area contributed by atoms with E-state index in [9.17, 15) is 19.5 Å². The second-order valence-electron chi connectivity index (χ2n) is 7.59. The molecule has 0 saturated carbocycles. The number of benzene rings is 1. The van der Waals surface area contributed by atoms with E-state index in [1.54, 1.807) is 25.1 Å². The lowest BCUT2D eigenvalue weighted by molar-refractivity contribution is -0.145. The molecule has 1 aromatic heterocycles. The summed E-state index contributed by atoms with van der Waals surface area (Å²) in [5.74, 6) is -1.14. The molecule has 1 N–H and O–H groups in total. The Morgan fingerprint density at radius 3 is 2.83 bits per heavy atom. The van der Waals surface area contributed by atoms with Gasteiger partial charge in [-0.3, -0.25) is 9.59 Å². The molecule has 1 aliphatic heterocycles. The molecule has 1 saturated heterocycles. The van der Waals surface area contributed by atoms with E-state index in [4.69, 9.17) is 9.15 Å². The van der Waals surface area contributed by atoms with Gasteiger partial charge < -0.3 is 19.2 Å². The van der Waals surface area contributed by atoms with Crippen LogP contribution < -0.4 is 10.4 Å². The van der Waals surface area contributed by atoms with Gasteiger partial charge in [0.2, 0.25) is 5.91 Å². The number of carbonyl (C=O) groups excluding carboxylic acids is 1. The summed E-state index contributed by atoms with van der Waals surface area (Å²) in [5.41, 5.74) is 1.69. The summed E-state index contributed by atoms with van der Waals surface area (Å²) in [4.78, 5) is 38.0. The standard InChI is InChI=1S/C22H25NO6/c1-13(2)12-28-16-6-7-17-14(3)18(22(27)29-19(17)9-16)10-20(24)23-8-4-5-15(11-23)21(25)26/h6-7,9,15H,1,4-5,8,10-12H2,2-3H3,(H,25,26). The molecule has 3 rings (SSSR count). The molecule has 0 spiro atoms. The van der Waals surface area contributed by atoms with Gasteiger partial charge in [0.1, 0.15) is 17.9 Å². The number of aryl methyl sites for hydroxylation is 1. The Kier molecular flexibility index (Phi) is 6.06. The fourth-order valence-corrected chi connectivity index (χ4v) is 3.54. The van der Waals surface area contributed by atoms with Crippen LogP contribution >= 0.6 is 0 Å². The van der Waals surface area contributed by atoms with Crippen LogP contribution in [0.4, 0.5) is 0 Å². The maximum atomic E-state index is 12.7. The topological polar surface area (TPSA) is 97.0 Å². The highest BCUT2D eigenvalue weighted by molar-refractivity contribution is 5.85. The third-order valence-electron chi connectivity index (χ3n) is 5.20. The number of carboxylic acids is 1. The molecule has 0 radical (unpaired) electrons. The molecular formula is C22H25NO6. The van der Waals surface area contributed by atoms with Gasteiger partial charge in [-0.15, -0.1) is 0 Å². The van der Waals surface area contributed by atoms with Crippen LogP contribution in [0.5, 0.6) is 5.75 Å². The summed E-state index contributed by atoms with van der Waals surface area (Å²) in [6.07, 6.45) is 1.09. The summed E-state index contributed by atoms with van der Waals surface area (Å²) in [5, 5.41) is 9.94. The number of piperidine rings is 1. The van der Waals surface area contributed by atoms with E-state index < -0.39 is 17.5 Å². The molecule has 1 unspecified atom stereocenters. The number of fused-ring (bicyclic) bond motifs is 1. The second kappa shape index (κ2) is 8.51. The summed E-state index contributed by atoms with van der Waals surface area (Å²) < 4.78 is 11.0. The molecule has 154 valence electrons. The van der Waals surface area contributed by atoms with Crippen molar-refractivity contribution in [1.29, 1.82) is 0 Å². The molecule has 7 heteroatoms. The number of aliphatic carboxylic acids is 1. The molecule has 7 nitrogen and oxygen atoms in total. The number of hydrogen-bond donors (Lipinski definition) is 1. The van der Waals surface area contributed by atoms with E-state index in [2.05, 4.69) is 6.58 Å². The summed E-state index contributed by atoms with van der Waals surface area (Å²) in [6, 6.07) is 5.24. The van der Waals surface area contributed by atoms with Gasteiger partial charge in [0.15, 0.2) is 0 Å². The Morgan fingerprint density at radius 2 is 2.14 bits per heavy atom. The van der Waals surface area contributed by atoms with Crippen LogP contribution in [0.25, 0.3) is 11.0 Å². The number of nitrogens with zero attached hydrogens (tertiary/aromatic N) is 1. The van der Waals surface area contributed by atoms with Crippen molar-refractivity contribution < 1.29 is 23.8 Å². The Morgan fingerprint density at radius 1 is 1.38 bits per heavy atom. The molecular weight excluding hydrogens is 374 g/mol. The zero-order valence-electron chi connectivity index (χ0n) is 16.7. The molecule has 0 bridgehead atoms. The van der Waals surface area contributed by atoms with Crippen LogP contribution in [0.15, 0.2) is 39.6 Å². The van der Waals surface area contributed by atoms with Gasteiger partial charge in [-0.25, -0.2) is 4.79 Å². The highest BCUT2D eigenvalue weighted by Gasteiger charge is 2.29. The van der Waals surface area contributed by atoms with Crippen LogP contribution in [-0.4, -0.2) is 41.6 Å². The Labute approximate surface area is 168 Å². The minimum Gasteiger partial charge on any atom is -0.489 e. The fourth-order valence-electron chi connectivity index (χ4n) is 3.54. The molecule has 1 aromatic carbocycles. The molecule has 29 heavy (non-hydrogen) atoms. The molecule has 1 aliphatic rings. The maximum Gasteiger partial charge on any atom is 0.340 e. The molecule has 2 heterocycles. The Bertz CT molecular complexity index is 1020. The quantitative estimate of drug-likeness (QED) is 0.593. The Hall–Kier alpha value is -3.09. The van der Waals surface area contributed by atoms with Crippen LogP contribution in [0.2, 0.25) is 0 Å². The largest absolute Gasteiger partial charge is 0.489 e. The van der Waals surface area contributed by atoms with Gasteiger partial charge in [0, 0.05) is 24.5 Å². The Balaban J connectivity index is 1.83. The lowest BCUT2D eigenvalue weighted by Gasteiger charge is -2.30. The van der Waals surface area contributed by atoms with Crippen molar-refractivity contribution in [1.82, 2.24) is 4.90 Å². The van der Waals surface area contributed by atoms with Gasteiger partial charge in [-0.05, 0) is 50.0 Å². The molecule has 1 atom stereocenters. The molecule has 0 aliphatic carbocycles. The first-order valence-corrected chi connectivity index (χ1v) is 9.60. The highest BCUT2D eigenvalue weighted by Crippen LogP contribution is 2.25. The van der Waals surface area contributed by atoms with Gasteiger partial charge in [-0.2, -0.15) is 0 Å². The molecule has 1 amide bonds. The second-order valence-corrected chi connectivity index (χ2v) is 7.59. The minimum absolute atomic E-state index is 0.107. The summed E-state index contributed by atoms with van der Waals surface area (Å²) >= 11 is 0. The van der Waals surface area contributed by atoms with E-state index in [1.807, 2.05) is 6.92 Å². The molecule has 1 fully saturated rings. The van der Waals surface area contributed by atoms with Crippen molar-refractivity contribution in [2.24, 2.45) is 5.92 Å². The van der Waals surface area contributed by atoms with Crippen LogP contribution in [-0.2, 0) is 16.0 Å². The lowest BCUT2D eigenvalue weighted by Crippen LogP contribution is -2.43. The fraction of sp³-hybridized carbons (Fsp3) is 0.409. The maximum absolute atomic E-state index is 12.7. The lowest BCUT2D eigenvalue weighted by atomic mass is 9.97. The van der Waals surface area contributed by atoms with Crippen molar-refractivity contribution in [3.63, 3.8) is 0 Å². The van der Waals surface area contributed by atoms with E-state index in [1.165, 1.54) is 4.90 Å². The average Bonchev–Trinajstić information content (AvgIpc) is 2.69. The predicted octanol–water partition coefficient (Wildman–Crippen LogP) is 2.92. The number of amides is 1. The normalized spacial score (nSPS) is 16.6. The third kappa shape index (κ3) is 4.67. The number of carbonyl (C=O) groups is 2. The SMILES string of the molecule is C=C(C)COc1ccc2c(C)c(CC(=O)N3CCCC(C(=O)O)C3)c(=O)oc2c1.